The summed E-state index contributed by atoms with van der Waals surface area (Å²) >= 11 is 0. The Hall–Kier alpha value is -2.43. The van der Waals surface area contributed by atoms with Gasteiger partial charge in [-0.25, -0.2) is 0 Å². The van der Waals surface area contributed by atoms with Crippen LogP contribution in [-0.4, -0.2) is 212 Å². The van der Waals surface area contributed by atoms with E-state index in [9.17, 15) is 65.8 Å². The molecule has 24 nitrogen and oxygen atoms in total. The molecule has 294 valence electrons. The Balaban J connectivity index is 1.56. The van der Waals surface area contributed by atoms with Crippen LogP contribution in [0.2, 0.25) is 0 Å². The molecule has 0 aromatic rings. The quantitative estimate of drug-likeness (QED) is 0.0268. The predicted octanol–water partition coefficient (Wildman–Crippen LogP) is -7.86. The van der Waals surface area contributed by atoms with Gasteiger partial charge in [0.25, 0.3) is 0 Å². The summed E-state index contributed by atoms with van der Waals surface area (Å²) in [7, 11) is 0. The molecule has 15 atom stereocenters. The van der Waals surface area contributed by atoms with Crippen molar-refractivity contribution in [3.63, 3.8) is 0 Å². The van der Waals surface area contributed by atoms with Gasteiger partial charge in [-0.2, -0.15) is 0 Å². The van der Waals surface area contributed by atoms with E-state index in [1.54, 1.807) is 0 Å². The van der Waals surface area contributed by atoms with E-state index in [0.717, 1.165) is 0 Å². The molecule has 3 fully saturated rings. The molecule has 13 N–H and O–H groups in total. The van der Waals surface area contributed by atoms with Crippen molar-refractivity contribution in [3.05, 3.63) is 10.4 Å². The van der Waals surface area contributed by atoms with Crippen molar-refractivity contribution >= 4 is 11.8 Å². The average Bonchev–Trinajstić information content (AvgIpc) is 3.11. The molecule has 51 heavy (non-hydrogen) atoms. The van der Waals surface area contributed by atoms with Crippen LogP contribution in [0.15, 0.2) is 5.11 Å². The lowest BCUT2D eigenvalue weighted by Crippen LogP contribution is -2.59. The SMILES string of the molecule is [N-]=[N+]=NC[C@H]1O[C@@H](OC(CC(=O)NCCO[C@H]2O[C@H](CO)[C@@H](O)[C@H](O)[C@@H]2O)CC(=O)NCCO[C@H]2O[C@H](CO)[C@@H](O)[C@H](O)[C@@H]2O)[C@H](O)[C@@H](O)[C@@H]1O. The van der Waals surface area contributed by atoms with Crippen molar-refractivity contribution in [1.29, 1.82) is 0 Å². The third-order valence-electron chi connectivity index (χ3n) is 8.26. The number of amides is 2. The van der Waals surface area contributed by atoms with Gasteiger partial charge < -0.3 is 95.2 Å². The van der Waals surface area contributed by atoms with Gasteiger partial charge in [0.05, 0.1) is 58.0 Å². The fraction of sp³-hybridized carbons (Fsp3) is 0.926. The molecule has 0 bridgehead atoms. The lowest BCUT2D eigenvalue weighted by molar-refractivity contribution is -0.305. The van der Waals surface area contributed by atoms with E-state index in [1.165, 1.54) is 0 Å². The second-order valence-electron chi connectivity index (χ2n) is 11.9. The molecule has 24 heteroatoms. The number of aliphatic hydroxyl groups excluding tert-OH is 11. The molecule has 2 amide bonds. The van der Waals surface area contributed by atoms with Crippen molar-refractivity contribution in [2.75, 3.05) is 46.1 Å². The third kappa shape index (κ3) is 11.8. The highest BCUT2D eigenvalue weighted by Gasteiger charge is 2.46. The van der Waals surface area contributed by atoms with Gasteiger partial charge in [-0.15, -0.1) is 0 Å². The first-order chi connectivity index (χ1) is 24.2. The average molecular weight is 746 g/mol. The van der Waals surface area contributed by atoms with Crippen LogP contribution in [0.5, 0.6) is 0 Å². The normalized spacial score (nSPS) is 38.5. The molecular formula is C27H47N5O19. The molecule has 3 heterocycles. The van der Waals surface area contributed by atoms with Crippen molar-refractivity contribution in [3.8, 4) is 0 Å². The first-order valence-electron chi connectivity index (χ1n) is 16.0. The van der Waals surface area contributed by atoms with Gasteiger partial charge in [0.2, 0.25) is 11.8 Å². The van der Waals surface area contributed by atoms with Gasteiger partial charge in [0.15, 0.2) is 18.9 Å². The zero-order valence-corrected chi connectivity index (χ0v) is 27.1. The maximum Gasteiger partial charge on any atom is 0.222 e. The highest BCUT2D eigenvalue weighted by atomic mass is 16.7. The van der Waals surface area contributed by atoms with Crippen molar-refractivity contribution in [2.45, 2.75) is 111 Å². The van der Waals surface area contributed by atoms with Crippen LogP contribution >= 0.6 is 0 Å². The molecule has 0 aromatic heterocycles. The second-order valence-corrected chi connectivity index (χ2v) is 11.9. The minimum Gasteiger partial charge on any atom is -0.394 e. The van der Waals surface area contributed by atoms with Gasteiger partial charge >= 0.3 is 0 Å². The fourth-order valence-electron chi connectivity index (χ4n) is 5.35. The summed E-state index contributed by atoms with van der Waals surface area (Å²) in [6.45, 7) is -2.80. The summed E-state index contributed by atoms with van der Waals surface area (Å²) < 4.78 is 32.2. The van der Waals surface area contributed by atoms with Crippen LogP contribution in [0.1, 0.15) is 12.8 Å². The number of carbonyl (C=O) groups is 2. The van der Waals surface area contributed by atoms with Crippen molar-refractivity contribution in [2.24, 2.45) is 5.11 Å². The lowest BCUT2D eigenvalue weighted by Gasteiger charge is -2.41. The number of hydrogen-bond donors (Lipinski definition) is 13. The number of rotatable bonds is 18. The Bertz CT molecular complexity index is 1080. The molecule has 3 aliphatic heterocycles. The number of nitrogens with zero attached hydrogens (tertiary/aromatic N) is 3. The highest BCUT2D eigenvalue weighted by molar-refractivity contribution is 5.79. The zero-order valence-electron chi connectivity index (χ0n) is 27.1. The Kier molecular flexibility index (Phi) is 17.5. The van der Waals surface area contributed by atoms with Gasteiger partial charge in [-0.3, -0.25) is 9.59 Å². The summed E-state index contributed by atoms with van der Waals surface area (Å²) in [5.41, 5.74) is 8.62. The van der Waals surface area contributed by atoms with Crippen LogP contribution in [0, 0.1) is 0 Å². The largest absolute Gasteiger partial charge is 0.394 e. The van der Waals surface area contributed by atoms with Gasteiger partial charge in [-0.1, -0.05) is 5.11 Å². The molecule has 0 aromatic carbocycles. The Labute approximate surface area is 289 Å². The summed E-state index contributed by atoms with van der Waals surface area (Å²) in [5, 5.41) is 117. The van der Waals surface area contributed by atoms with Crippen LogP contribution < -0.4 is 10.6 Å². The predicted molar refractivity (Wildman–Crippen MR) is 160 cm³/mol. The Morgan fingerprint density at radius 3 is 1.43 bits per heavy atom. The third-order valence-corrected chi connectivity index (χ3v) is 8.26. The summed E-state index contributed by atoms with van der Waals surface area (Å²) in [6.07, 6.45) is -26.1. The standard InChI is InChI=1S/C27H47N5O19/c28-32-31-7-11-16(37)19(40)24(45)27(49-11)48-10(5-14(35)29-1-3-46-25-22(43)20(41)17(38)12(8-33)50-25)6-15(36)30-2-4-47-26-23(44)21(42)18(39)13(9-34)51-26/h10-13,16-27,33-34,37-45H,1-9H2,(H,29,35)(H,30,36)/t11-,12-,13-,16-,17-,18-,19+,20+,21+,22+,23+,24-,25+,26+,27-/m1/s1. The zero-order chi connectivity index (χ0) is 37.8. The van der Waals surface area contributed by atoms with Gasteiger partial charge in [0, 0.05) is 18.0 Å². The number of ether oxygens (including phenoxy) is 6. The van der Waals surface area contributed by atoms with Crippen molar-refractivity contribution in [1.82, 2.24) is 10.6 Å². The van der Waals surface area contributed by atoms with E-state index in [1.807, 2.05) is 0 Å². The van der Waals surface area contributed by atoms with Crippen molar-refractivity contribution < 1.29 is 94.2 Å². The van der Waals surface area contributed by atoms with Crippen LogP contribution in [0.4, 0.5) is 0 Å². The number of aliphatic hydroxyl groups is 11. The van der Waals surface area contributed by atoms with Crippen LogP contribution in [0.3, 0.4) is 0 Å². The second kappa shape index (κ2) is 20.7. The molecule has 0 unspecified atom stereocenters. The minimum atomic E-state index is -1.87. The molecule has 3 aliphatic rings. The summed E-state index contributed by atoms with van der Waals surface area (Å²) in [5.74, 6) is -1.46. The van der Waals surface area contributed by atoms with Crippen LogP contribution in [-0.2, 0) is 38.0 Å². The van der Waals surface area contributed by atoms with Gasteiger partial charge in [-0.05, 0) is 5.53 Å². The molecule has 0 spiro atoms. The smallest absolute Gasteiger partial charge is 0.222 e. The monoisotopic (exact) mass is 745 g/mol. The first kappa shape index (κ1) is 43.0. The van der Waals surface area contributed by atoms with Gasteiger partial charge in [0.1, 0.15) is 67.1 Å². The van der Waals surface area contributed by atoms with E-state index >= 15 is 0 Å². The first-order valence-corrected chi connectivity index (χ1v) is 16.0. The number of nitrogens with one attached hydrogen (secondary N) is 2. The molecular weight excluding hydrogens is 698 g/mol. The minimum absolute atomic E-state index is 0.205. The number of carbonyl (C=O) groups excluding carboxylic acids is 2. The van der Waals surface area contributed by atoms with E-state index in [0.29, 0.717) is 0 Å². The van der Waals surface area contributed by atoms with E-state index in [-0.39, 0.29) is 26.3 Å². The molecule has 0 saturated carbocycles. The molecule has 0 radical (unpaired) electrons. The number of hydrogen-bond acceptors (Lipinski definition) is 20. The fourth-order valence-corrected chi connectivity index (χ4v) is 5.35. The summed E-state index contributed by atoms with van der Waals surface area (Å²) in [6, 6.07) is 0. The highest BCUT2D eigenvalue weighted by Crippen LogP contribution is 2.26. The molecule has 0 aliphatic carbocycles. The Morgan fingerprint density at radius 2 is 1.02 bits per heavy atom. The molecule has 3 rings (SSSR count). The van der Waals surface area contributed by atoms with E-state index in [4.69, 9.17) is 34.0 Å². The van der Waals surface area contributed by atoms with E-state index in [2.05, 4.69) is 20.7 Å². The topological polar surface area (TPSA) is 385 Å². The van der Waals surface area contributed by atoms with Crippen LogP contribution in [0.25, 0.3) is 10.4 Å². The molecule has 3 saturated heterocycles. The van der Waals surface area contributed by atoms with E-state index < -0.39 is 143 Å². The maximum atomic E-state index is 12.8. The maximum absolute atomic E-state index is 12.8. The summed E-state index contributed by atoms with van der Waals surface area (Å²) in [4.78, 5) is 28.2. The lowest BCUT2D eigenvalue weighted by atomic mass is 9.99. The number of azide groups is 1. The Morgan fingerprint density at radius 1 is 0.627 bits per heavy atom.